The van der Waals surface area contributed by atoms with E-state index in [9.17, 15) is 9.59 Å². The SMILES string of the molecule is CCOc1ncccc1-c1ccc(N2CCN(C(=O)c3ccc(C)cc3Cl)C[C@H]2CC)c(C(N)=O)c1. The standard InChI is InChI=1S/C28H31ClN4O3/c1-4-20-17-32(28(35)22-10-8-18(3)15-24(22)29)13-14-33(20)25-11-9-19(16-23(25)26(30)34)21-7-6-12-31-27(21)36-5-2/h6-12,15-16,20H,4-5,13-14,17H2,1-3H3,(H2,30,34)/t20-/m1/s1. The minimum atomic E-state index is -0.506. The zero-order valence-corrected chi connectivity index (χ0v) is 21.6. The van der Waals surface area contributed by atoms with Crippen molar-refractivity contribution in [2.75, 3.05) is 31.1 Å². The van der Waals surface area contributed by atoms with E-state index >= 15 is 0 Å². The van der Waals surface area contributed by atoms with Crippen LogP contribution < -0.4 is 15.4 Å². The Morgan fingerprint density at radius 3 is 2.61 bits per heavy atom. The highest BCUT2D eigenvalue weighted by molar-refractivity contribution is 6.33. The normalized spacial score (nSPS) is 15.6. The molecule has 8 heteroatoms. The van der Waals surface area contributed by atoms with Gasteiger partial charge in [0, 0.05) is 43.1 Å². The van der Waals surface area contributed by atoms with Crippen molar-refractivity contribution in [1.82, 2.24) is 9.88 Å². The minimum Gasteiger partial charge on any atom is -0.478 e. The van der Waals surface area contributed by atoms with Gasteiger partial charge in [-0.3, -0.25) is 9.59 Å². The summed E-state index contributed by atoms with van der Waals surface area (Å²) in [6, 6.07) is 14.9. The number of aromatic nitrogens is 1. The predicted octanol–water partition coefficient (Wildman–Crippen LogP) is 4.95. The molecule has 1 saturated heterocycles. The highest BCUT2D eigenvalue weighted by Crippen LogP contribution is 2.34. The number of primary amides is 1. The molecule has 1 aliphatic heterocycles. The number of benzene rings is 2. The number of hydrogen-bond donors (Lipinski definition) is 1. The number of aryl methyl sites for hydroxylation is 1. The number of amides is 2. The number of nitrogens with two attached hydrogens (primary N) is 1. The van der Waals surface area contributed by atoms with E-state index in [4.69, 9.17) is 22.1 Å². The summed E-state index contributed by atoms with van der Waals surface area (Å²) in [6.45, 7) is 8.02. The molecule has 0 aliphatic carbocycles. The zero-order chi connectivity index (χ0) is 25.8. The van der Waals surface area contributed by atoms with Gasteiger partial charge in [0.1, 0.15) is 0 Å². The molecule has 1 fully saturated rings. The number of anilines is 1. The molecule has 4 rings (SSSR count). The number of hydrogen-bond acceptors (Lipinski definition) is 5. The average molecular weight is 507 g/mol. The van der Waals surface area contributed by atoms with Gasteiger partial charge in [0.15, 0.2) is 0 Å². The number of ether oxygens (including phenoxy) is 1. The maximum Gasteiger partial charge on any atom is 0.255 e. The maximum atomic E-state index is 13.2. The molecular formula is C28H31ClN4O3. The molecule has 2 heterocycles. The first-order chi connectivity index (χ1) is 17.3. The quantitative estimate of drug-likeness (QED) is 0.490. The Kier molecular flexibility index (Phi) is 7.79. The van der Waals surface area contributed by atoms with Crippen molar-refractivity contribution in [2.45, 2.75) is 33.2 Å². The zero-order valence-electron chi connectivity index (χ0n) is 20.8. The van der Waals surface area contributed by atoms with Crippen molar-refractivity contribution < 1.29 is 14.3 Å². The monoisotopic (exact) mass is 506 g/mol. The second-order valence-corrected chi connectivity index (χ2v) is 9.28. The number of carbonyl (C=O) groups is 2. The number of nitrogens with zero attached hydrogens (tertiary/aromatic N) is 3. The Balaban J connectivity index is 1.62. The van der Waals surface area contributed by atoms with Crippen LogP contribution in [0, 0.1) is 6.92 Å². The molecule has 1 aromatic heterocycles. The lowest BCUT2D eigenvalue weighted by Crippen LogP contribution is -2.55. The van der Waals surface area contributed by atoms with E-state index in [0.29, 0.717) is 48.3 Å². The first-order valence-electron chi connectivity index (χ1n) is 12.2. The van der Waals surface area contributed by atoms with E-state index in [2.05, 4.69) is 16.8 Å². The van der Waals surface area contributed by atoms with E-state index in [1.165, 1.54) is 0 Å². The molecule has 2 N–H and O–H groups in total. The van der Waals surface area contributed by atoms with Gasteiger partial charge in [-0.25, -0.2) is 4.98 Å². The molecule has 1 atom stereocenters. The summed E-state index contributed by atoms with van der Waals surface area (Å²) in [5.41, 5.74) is 10.2. The minimum absolute atomic E-state index is 0.0215. The van der Waals surface area contributed by atoms with Crippen molar-refractivity contribution in [1.29, 1.82) is 0 Å². The number of piperazine rings is 1. The van der Waals surface area contributed by atoms with Crippen molar-refractivity contribution in [3.05, 3.63) is 76.4 Å². The third-order valence-corrected chi connectivity index (χ3v) is 6.84. The molecule has 188 valence electrons. The first kappa shape index (κ1) is 25.5. The van der Waals surface area contributed by atoms with Gasteiger partial charge in [-0.05, 0) is 67.8 Å². The molecule has 3 aromatic rings. The number of rotatable bonds is 7. The molecular weight excluding hydrogens is 476 g/mol. The van der Waals surface area contributed by atoms with Crippen molar-refractivity contribution in [3.8, 4) is 17.0 Å². The lowest BCUT2D eigenvalue weighted by atomic mass is 9.99. The van der Waals surface area contributed by atoms with Gasteiger partial charge in [0.05, 0.1) is 22.8 Å². The molecule has 0 saturated carbocycles. The number of carbonyl (C=O) groups excluding carboxylic acids is 2. The Morgan fingerprint density at radius 1 is 1.11 bits per heavy atom. The van der Waals surface area contributed by atoms with Crippen molar-refractivity contribution in [2.24, 2.45) is 5.73 Å². The first-order valence-corrected chi connectivity index (χ1v) is 12.6. The molecule has 0 unspecified atom stereocenters. The summed E-state index contributed by atoms with van der Waals surface area (Å²) in [6.07, 6.45) is 2.47. The fourth-order valence-electron chi connectivity index (χ4n) is 4.68. The van der Waals surface area contributed by atoms with E-state index in [-0.39, 0.29) is 11.9 Å². The van der Waals surface area contributed by atoms with Crippen LogP contribution in [-0.4, -0.2) is 54.0 Å². The van der Waals surface area contributed by atoms with Crippen molar-refractivity contribution in [3.63, 3.8) is 0 Å². The summed E-state index contributed by atoms with van der Waals surface area (Å²) < 4.78 is 5.67. The Hall–Kier alpha value is -3.58. The average Bonchev–Trinajstić information content (AvgIpc) is 2.88. The Bertz CT molecular complexity index is 1280. The van der Waals surface area contributed by atoms with Gasteiger partial charge in [0.25, 0.3) is 11.8 Å². The third kappa shape index (κ3) is 5.16. The van der Waals surface area contributed by atoms with Gasteiger partial charge in [-0.1, -0.05) is 30.7 Å². The topological polar surface area (TPSA) is 88.8 Å². The fourth-order valence-corrected chi connectivity index (χ4v) is 5.00. The van der Waals surface area contributed by atoms with Crippen LogP contribution in [0.25, 0.3) is 11.1 Å². The van der Waals surface area contributed by atoms with Crippen LogP contribution in [0.1, 0.15) is 46.5 Å². The van der Waals surface area contributed by atoms with E-state index in [0.717, 1.165) is 28.8 Å². The molecule has 0 bridgehead atoms. The van der Waals surface area contributed by atoms with E-state index in [1.54, 1.807) is 18.3 Å². The smallest absolute Gasteiger partial charge is 0.255 e. The van der Waals surface area contributed by atoms with Crippen LogP contribution in [0.3, 0.4) is 0 Å². The summed E-state index contributed by atoms with van der Waals surface area (Å²) >= 11 is 6.37. The van der Waals surface area contributed by atoms with E-state index < -0.39 is 5.91 Å². The highest BCUT2D eigenvalue weighted by atomic mass is 35.5. The molecule has 36 heavy (non-hydrogen) atoms. The molecule has 0 spiro atoms. The number of halogens is 1. The summed E-state index contributed by atoms with van der Waals surface area (Å²) in [5, 5.41) is 0.462. The van der Waals surface area contributed by atoms with Crippen LogP contribution in [0.2, 0.25) is 5.02 Å². The number of pyridine rings is 1. The van der Waals surface area contributed by atoms with Gasteiger partial charge in [0.2, 0.25) is 5.88 Å². The summed E-state index contributed by atoms with van der Waals surface area (Å²) in [5.74, 6) is -0.0754. The molecule has 2 aromatic carbocycles. The fraction of sp³-hybridized carbons (Fsp3) is 0.321. The van der Waals surface area contributed by atoms with Crippen LogP contribution >= 0.6 is 11.6 Å². The molecule has 2 amide bonds. The predicted molar refractivity (Wildman–Crippen MR) is 143 cm³/mol. The second-order valence-electron chi connectivity index (χ2n) is 8.88. The van der Waals surface area contributed by atoms with Crippen molar-refractivity contribution >= 4 is 29.1 Å². The van der Waals surface area contributed by atoms with Gasteiger partial charge >= 0.3 is 0 Å². The van der Waals surface area contributed by atoms with Gasteiger partial charge in [-0.2, -0.15) is 0 Å². The lowest BCUT2D eigenvalue weighted by molar-refractivity contribution is 0.0720. The summed E-state index contributed by atoms with van der Waals surface area (Å²) in [4.78, 5) is 34.1. The van der Waals surface area contributed by atoms with Gasteiger partial charge in [-0.15, -0.1) is 0 Å². The third-order valence-electron chi connectivity index (χ3n) is 6.53. The molecule has 0 radical (unpaired) electrons. The largest absolute Gasteiger partial charge is 0.478 e. The maximum absolute atomic E-state index is 13.2. The lowest BCUT2D eigenvalue weighted by Gasteiger charge is -2.43. The van der Waals surface area contributed by atoms with Crippen LogP contribution in [0.5, 0.6) is 5.88 Å². The van der Waals surface area contributed by atoms with Crippen LogP contribution in [0.4, 0.5) is 5.69 Å². The second kappa shape index (κ2) is 11.0. The molecule has 7 nitrogen and oxygen atoms in total. The van der Waals surface area contributed by atoms with Crippen LogP contribution in [0.15, 0.2) is 54.7 Å². The van der Waals surface area contributed by atoms with Crippen LogP contribution in [-0.2, 0) is 0 Å². The Morgan fingerprint density at radius 2 is 1.92 bits per heavy atom. The van der Waals surface area contributed by atoms with Gasteiger partial charge < -0.3 is 20.3 Å². The highest BCUT2D eigenvalue weighted by Gasteiger charge is 2.31. The van der Waals surface area contributed by atoms with E-state index in [1.807, 2.05) is 55.1 Å². The molecule has 1 aliphatic rings. The summed E-state index contributed by atoms with van der Waals surface area (Å²) in [7, 11) is 0. The Labute approximate surface area is 216 Å².